The van der Waals surface area contributed by atoms with E-state index in [2.05, 4.69) is 32.6 Å². The Morgan fingerprint density at radius 1 is 1.06 bits per heavy atom. The lowest BCUT2D eigenvalue weighted by Gasteiger charge is -2.08. The average Bonchev–Trinajstić information content (AvgIpc) is 2.19. The summed E-state index contributed by atoms with van der Waals surface area (Å²) in [5, 5.41) is 0. The summed E-state index contributed by atoms with van der Waals surface area (Å²) in [6.45, 7) is 1.88. The largest absolute Gasteiger partial charge is 0.383 e. The summed E-state index contributed by atoms with van der Waals surface area (Å²) in [5.41, 5.74) is 14.0. The van der Waals surface area contributed by atoms with E-state index in [1.54, 1.807) is 0 Å². The number of aryl methyl sites for hydroxylation is 1. The third kappa shape index (κ3) is 2.08. The number of aromatic nitrogens is 2. The van der Waals surface area contributed by atoms with Crippen molar-refractivity contribution in [1.29, 1.82) is 0 Å². The van der Waals surface area contributed by atoms with E-state index < -0.39 is 0 Å². The molecule has 4 N–H and O–H groups in total. The van der Waals surface area contributed by atoms with Gasteiger partial charge in [0.2, 0.25) is 5.95 Å². The van der Waals surface area contributed by atoms with Gasteiger partial charge in [-0.3, -0.25) is 0 Å². The minimum atomic E-state index is 0.212. The molecule has 4 nitrogen and oxygen atoms in total. The van der Waals surface area contributed by atoms with E-state index in [0.29, 0.717) is 5.82 Å². The molecule has 0 spiro atoms. The maximum atomic E-state index is 5.86. The van der Waals surface area contributed by atoms with Crippen LogP contribution in [-0.2, 0) is 0 Å². The fourth-order valence-corrected chi connectivity index (χ4v) is 1.95. The van der Waals surface area contributed by atoms with Gasteiger partial charge in [-0.2, -0.15) is 4.98 Å². The first-order chi connectivity index (χ1) is 7.58. The fourth-order valence-electron chi connectivity index (χ4n) is 1.59. The van der Waals surface area contributed by atoms with E-state index in [1.165, 1.54) is 3.57 Å². The first kappa shape index (κ1) is 11.1. The van der Waals surface area contributed by atoms with Gasteiger partial charge in [-0.15, -0.1) is 0 Å². The van der Waals surface area contributed by atoms with E-state index in [-0.39, 0.29) is 5.95 Å². The highest BCUT2D eigenvalue weighted by molar-refractivity contribution is 14.1. The minimum Gasteiger partial charge on any atom is -0.383 e. The second-order valence-electron chi connectivity index (χ2n) is 3.43. The van der Waals surface area contributed by atoms with Crippen LogP contribution >= 0.6 is 22.6 Å². The van der Waals surface area contributed by atoms with Crippen molar-refractivity contribution in [2.45, 2.75) is 6.92 Å². The first-order valence-electron chi connectivity index (χ1n) is 4.73. The standard InChI is InChI=1S/C11H11IN4/c1-6-9(10(13)16-11(14)15-6)7-2-4-8(12)5-3-7/h2-5H,1H3,(H4,13,14,15,16). The number of rotatable bonds is 1. The van der Waals surface area contributed by atoms with Crippen molar-refractivity contribution in [3.8, 4) is 11.1 Å². The quantitative estimate of drug-likeness (QED) is 0.788. The molecule has 1 aromatic heterocycles. The van der Waals surface area contributed by atoms with Gasteiger partial charge in [0.1, 0.15) is 5.82 Å². The molecule has 1 aromatic carbocycles. The first-order valence-corrected chi connectivity index (χ1v) is 5.81. The van der Waals surface area contributed by atoms with Crippen LogP contribution in [0.5, 0.6) is 0 Å². The summed E-state index contributed by atoms with van der Waals surface area (Å²) in [7, 11) is 0. The molecule has 0 aliphatic heterocycles. The monoisotopic (exact) mass is 326 g/mol. The van der Waals surface area contributed by atoms with Gasteiger partial charge in [0.15, 0.2) is 0 Å². The molecule has 0 fully saturated rings. The topological polar surface area (TPSA) is 77.8 Å². The second-order valence-corrected chi connectivity index (χ2v) is 4.68. The fraction of sp³-hybridized carbons (Fsp3) is 0.0909. The van der Waals surface area contributed by atoms with Gasteiger partial charge in [0.25, 0.3) is 0 Å². The van der Waals surface area contributed by atoms with Gasteiger partial charge >= 0.3 is 0 Å². The molecule has 0 atom stereocenters. The van der Waals surface area contributed by atoms with Crippen LogP contribution < -0.4 is 11.5 Å². The third-order valence-electron chi connectivity index (χ3n) is 2.27. The summed E-state index contributed by atoms with van der Waals surface area (Å²) in [5.74, 6) is 0.635. The predicted octanol–water partition coefficient (Wildman–Crippen LogP) is 2.22. The number of nitrogen functional groups attached to an aromatic ring is 2. The molecule has 5 heteroatoms. The lowest BCUT2D eigenvalue weighted by molar-refractivity contribution is 1.13. The smallest absolute Gasteiger partial charge is 0.222 e. The lowest BCUT2D eigenvalue weighted by Crippen LogP contribution is -2.04. The number of halogens is 1. The highest BCUT2D eigenvalue weighted by Crippen LogP contribution is 2.27. The van der Waals surface area contributed by atoms with Crippen molar-refractivity contribution < 1.29 is 0 Å². The molecule has 0 saturated carbocycles. The number of hydrogen-bond donors (Lipinski definition) is 2. The highest BCUT2D eigenvalue weighted by Gasteiger charge is 2.09. The van der Waals surface area contributed by atoms with Crippen LogP contribution in [0.3, 0.4) is 0 Å². The summed E-state index contributed by atoms with van der Waals surface area (Å²) in [6.07, 6.45) is 0. The Balaban J connectivity index is 2.60. The van der Waals surface area contributed by atoms with Crippen LogP contribution in [0.15, 0.2) is 24.3 Å². The number of hydrogen-bond acceptors (Lipinski definition) is 4. The number of anilines is 2. The van der Waals surface area contributed by atoms with Crippen LogP contribution in [0.4, 0.5) is 11.8 Å². The molecule has 0 bridgehead atoms. The highest BCUT2D eigenvalue weighted by atomic mass is 127. The summed E-state index contributed by atoms with van der Waals surface area (Å²) in [6, 6.07) is 8.04. The van der Waals surface area contributed by atoms with Crippen molar-refractivity contribution in [3.05, 3.63) is 33.5 Å². The molecule has 16 heavy (non-hydrogen) atoms. The normalized spacial score (nSPS) is 10.4. The van der Waals surface area contributed by atoms with E-state index in [1.807, 2.05) is 31.2 Å². The SMILES string of the molecule is Cc1nc(N)nc(N)c1-c1ccc(I)cc1. The van der Waals surface area contributed by atoms with Gasteiger partial charge in [-0.25, -0.2) is 4.98 Å². The van der Waals surface area contributed by atoms with Gasteiger partial charge in [-0.05, 0) is 47.2 Å². The Morgan fingerprint density at radius 3 is 2.25 bits per heavy atom. The Bertz CT molecular complexity index is 499. The Hall–Kier alpha value is -1.37. The average molecular weight is 326 g/mol. The molecule has 0 aliphatic carbocycles. The van der Waals surface area contributed by atoms with E-state index in [4.69, 9.17) is 11.5 Å². The van der Waals surface area contributed by atoms with Crippen molar-refractivity contribution in [2.75, 3.05) is 11.5 Å². The van der Waals surface area contributed by atoms with Crippen molar-refractivity contribution in [3.63, 3.8) is 0 Å². The molecule has 2 rings (SSSR count). The van der Waals surface area contributed by atoms with Gasteiger partial charge < -0.3 is 11.5 Å². The number of nitrogens with zero attached hydrogens (tertiary/aromatic N) is 2. The number of benzene rings is 1. The Labute approximate surface area is 107 Å². The molecule has 0 saturated heterocycles. The van der Waals surface area contributed by atoms with E-state index in [0.717, 1.165) is 16.8 Å². The van der Waals surface area contributed by atoms with Crippen LogP contribution in [0, 0.1) is 10.5 Å². The zero-order chi connectivity index (χ0) is 11.7. The Kier molecular flexibility index (Phi) is 2.95. The second kappa shape index (κ2) is 4.25. The van der Waals surface area contributed by atoms with Crippen molar-refractivity contribution in [1.82, 2.24) is 9.97 Å². The van der Waals surface area contributed by atoms with E-state index in [9.17, 15) is 0 Å². The van der Waals surface area contributed by atoms with Crippen LogP contribution in [0.25, 0.3) is 11.1 Å². The summed E-state index contributed by atoms with van der Waals surface area (Å²) >= 11 is 2.26. The molecular formula is C11H11IN4. The van der Waals surface area contributed by atoms with Gasteiger partial charge in [0.05, 0.1) is 5.69 Å². The molecule has 0 amide bonds. The maximum Gasteiger partial charge on any atom is 0.222 e. The molecule has 1 heterocycles. The van der Waals surface area contributed by atoms with Gasteiger partial charge in [0, 0.05) is 9.13 Å². The molecule has 0 radical (unpaired) electrons. The zero-order valence-corrected chi connectivity index (χ0v) is 10.9. The third-order valence-corrected chi connectivity index (χ3v) is 2.99. The van der Waals surface area contributed by atoms with Crippen LogP contribution in [0.2, 0.25) is 0 Å². The van der Waals surface area contributed by atoms with E-state index >= 15 is 0 Å². The summed E-state index contributed by atoms with van der Waals surface area (Å²) < 4.78 is 1.17. The summed E-state index contributed by atoms with van der Waals surface area (Å²) in [4.78, 5) is 8.09. The van der Waals surface area contributed by atoms with Crippen molar-refractivity contribution >= 4 is 34.4 Å². The lowest BCUT2D eigenvalue weighted by atomic mass is 10.1. The molecule has 0 unspecified atom stereocenters. The molecule has 82 valence electrons. The van der Waals surface area contributed by atoms with Crippen molar-refractivity contribution in [2.24, 2.45) is 0 Å². The maximum absolute atomic E-state index is 5.86. The minimum absolute atomic E-state index is 0.212. The predicted molar refractivity (Wildman–Crippen MR) is 73.7 cm³/mol. The number of nitrogens with two attached hydrogens (primary N) is 2. The molecule has 0 aliphatic rings. The van der Waals surface area contributed by atoms with Crippen LogP contribution in [-0.4, -0.2) is 9.97 Å². The molecule has 2 aromatic rings. The van der Waals surface area contributed by atoms with Crippen LogP contribution in [0.1, 0.15) is 5.69 Å². The zero-order valence-electron chi connectivity index (χ0n) is 8.74. The molecular weight excluding hydrogens is 315 g/mol. The van der Waals surface area contributed by atoms with Gasteiger partial charge in [-0.1, -0.05) is 12.1 Å². The Morgan fingerprint density at radius 2 is 1.69 bits per heavy atom.